The molecular formula is C17H22FN3O. The first-order chi connectivity index (χ1) is 10.8. The van der Waals surface area contributed by atoms with Crippen LogP contribution in [0.15, 0.2) is 30.6 Å². The molecule has 2 aromatic rings. The molecule has 1 saturated heterocycles. The molecule has 0 saturated carbocycles. The molecule has 1 aliphatic heterocycles. The number of hydrogen-bond acceptors (Lipinski definition) is 3. The van der Waals surface area contributed by atoms with Gasteiger partial charge in [0.15, 0.2) is 0 Å². The zero-order valence-corrected chi connectivity index (χ0v) is 12.8. The topological polar surface area (TPSA) is 49.9 Å². The van der Waals surface area contributed by atoms with Gasteiger partial charge in [-0.2, -0.15) is 5.10 Å². The van der Waals surface area contributed by atoms with Crippen molar-refractivity contribution in [2.45, 2.75) is 32.4 Å². The normalized spacial score (nSPS) is 21.9. The van der Waals surface area contributed by atoms with Crippen LogP contribution >= 0.6 is 0 Å². The van der Waals surface area contributed by atoms with Crippen molar-refractivity contribution in [3.05, 3.63) is 53.1 Å². The molecule has 0 radical (unpaired) electrons. The number of benzene rings is 1. The smallest absolute Gasteiger partial charge is 0.130 e. The number of nitrogens with zero attached hydrogens (tertiary/aromatic N) is 1. The second-order valence-electron chi connectivity index (χ2n) is 5.90. The van der Waals surface area contributed by atoms with E-state index in [9.17, 15) is 4.39 Å². The summed E-state index contributed by atoms with van der Waals surface area (Å²) in [6.07, 6.45) is 5.97. The van der Waals surface area contributed by atoms with Crippen molar-refractivity contribution in [3.8, 4) is 0 Å². The van der Waals surface area contributed by atoms with Gasteiger partial charge in [-0.25, -0.2) is 4.39 Å². The molecule has 4 nitrogen and oxygen atoms in total. The van der Waals surface area contributed by atoms with Crippen LogP contribution in [0.25, 0.3) is 0 Å². The number of nitrogens with one attached hydrogen (secondary N) is 2. The molecule has 1 aromatic heterocycles. The molecule has 5 heteroatoms. The first kappa shape index (κ1) is 15.2. The highest BCUT2D eigenvalue weighted by Gasteiger charge is 2.27. The van der Waals surface area contributed by atoms with Gasteiger partial charge in [0.1, 0.15) is 5.82 Å². The van der Waals surface area contributed by atoms with Gasteiger partial charge in [0, 0.05) is 42.9 Å². The van der Waals surface area contributed by atoms with Crippen LogP contribution in [0.2, 0.25) is 0 Å². The highest BCUT2D eigenvalue weighted by atomic mass is 19.1. The molecule has 0 spiro atoms. The Kier molecular flexibility index (Phi) is 4.85. The van der Waals surface area contributed by atoms with Gasteiger partial charge in [0.2, 0.25) is 0 Å². The van der Waals surface area contributed by atoms with E-state index in [0.717, 1.165) is 37.1 Å². The lowest BCUT2D eigenvalue weighted by Crippen LogP contribution is -2.31. The van der Waals surface area contributed by atoms with Crippen LogP contribution in [-0.4, -0.2) is 23.3 Å². The fraction of sp³-hybridized carbons (Fsp3) is 0.471. The van der Waals surface area contributed by atoms with Crippen LogP contribution in [0.5, 0.6) is 0 Å². The number of aryl methyl sites for hydroxylation is 1. The van der Waals surface area contributed by atoms with Crippen molar-refractivity contribution in [2.75, 3.05) is 13.2 Å². The van der Waals surface area contributed by atoms with E-state index in [0.29, 0.717) is 18.0 Å². The van der Waals surface area contributed by atoms with Gasteiger partial charge in [0.25, 0.3) is 0 Å². The third-order valence-electron chi connectivity index (χ3n) is 4.29. The summed E-state index contributed by atoms with van der Waals surface area (Å²) in [5.41, 5.74) is 2.50. The Bertz CT molecular complexity index is 600. The maximum absolute atomic E-state index is 14.0. The standard InChI is InChI=1S/C17H22FN3O/c1-12-4-2-5-13(16(12)18)8-19-9-14-6-3-7-22-17(14)15-10-20-21-11-15/h2,4-5,10-11,14,17,19H,3,6-9H2,1H3,(H,20,21)/t14-,17+/m0/s1. The molecule has 1 aliphatic rings. The van der Waals surface area contributed by atoms with Crippen molar-refractivity contribution in [1.29, 1.82) is 0 Å². The molecule has 0 unspecified atom stereocenters. The van der Waals surface area contributed by atoms with Gasteiger partial charge in [-0.15, -0.1) is 0 Å². The summed E-state index contributed by atoms with van der Waals surface area (Å²) >= 11 is 0. The maximum Gasteiger partial charge on any atom is 0.130 e. The SMILES string of the molecule is Cc1cccc(CNC[C@@H]2CCCO[C@H]2c2cn[nH]c2)c1F. The predicted octanol–water partition coefficient (Wildman–Crippen LogP) is 3.11. The average molecular weight is 303 g/mol. The lowest BCUT2D eigenvalue weighted by atomic mass is 9.91. The van der Waals surface area contributed by atoms with Gasteiger partial charge in [-0.3, -0.25) is 5.10 Å². The van der Waals surface area contributed by atoms with E-state index in [1.165, 1.54) is 0 Å². The summed E-state index contributed by atoms with van der Waals surface area (Å²) in [4.78, 5) is 0. The molecule has 118 valence electrons. The Morgan fingerprint density at radius 2 is 2.36 bits per heavy atom. The second-order valence-corrected chi connectivity index (χ2v) is 5.90. The maximum atomic E-state index is 14.0. The largest absolute Gasteiger partial charge is 0.373 e. The first-order valence-electron chi connectivity index (χ1n) is 7.80. The molecular weight excluding hydrogens is 281 g/mol. The lowest BCUT2D eigenvalue weighted by molar-refractivity contribution is -0.0278. The molecule has 1 fully saturated rings. The summed E-state index contributed by atoms with van der Waals surface area (Å²) in [6.45, 7) is 3.94. The lowest BCUT2D eigenvalue weighted by Gasteiger charge is -2.31. The zero-order chi connectivity index (χ0) is 15.4. The van der Waals surface area contributed by atoms with E-state index in [1.807, 2.05) is 24.5 Å². The fourth-order valence-electron chi connectivity index (χ4n) is 3.07. The van der Waals surface area contributed by atoms with E-state index >= 15 is 0 Å². The van der Waals surface area contributed by atoms with Crippen LogP contribution in [-0.2, 0) is 11.3 Å². The number of aromatic nitrogens is 2. The Morgan fingerprint density at radius 3 is 3.18 bits per heavy atom. The fourth-order valence-corrected chi connectivity index (χ4v) is 3.07. The molecule has 3 rings (SSSR count). The van der Waals surface area contributed by atoms with Crippen molar-refractivity contribution >= 4 is 0 Å². The van der Waals surface area contributed by atoms with Crippen LogP contribution in [0.1, 0.15) is 35.6 Å². The highest BCUT2D eigenvalue weighted by molar-refractivity contribution is 5.24. The molecule has 22 heavy (non-hydrogen) atoms. The first-order valence-corrected chi connectivity index (χ1v) is 7.80. The second kappa shape index (κ2) is 7.03. The van der Waals surface area contributed by atoms with Gasteiger partial charge >= 0.3 is 0 Å². The summed E-state index contributed by atoms with van der Waals surface area (Å²) in [5.74, 6) is 0.278. The summed E-state index contributed by atoms with van der Waals surface area (Å²) < 4.78 is 19.9. The van der Waals surface area contributed by atoms with Crippen LogP contribution in [0, 0.1) is 18.7 Å². The van der Waals surface area contributed by atoms with E-state index in [4.69, 9.17) is 4.74 Å². The van der Waals surface area contributed by atoms with Gasteiger partial charge in [-0.05, 0) is 25.3 Å². The van der Waals surface area contributed by atoms with Crippen LogP contribution in [0.3, 0.4) is 0 Å². The quantitative estimate of drug-likeness (QED) is 0.892. The number of rotatable bonds is 5. The van der Waals surface area contributed by atoms with E-state index in [-0.39, 0.29) is 11.9 Å². The van der Waals surface area contributed by atoms with Gasteiger partial charge < -0.3 is 10.1 Å². The van der Waals surface area contributed by atoms with E-state index in [1.54, 1.807) is 13.0 Å². The number of H-pyrrole nitrogens is 1. The Morgan fingerprint density at radius 1 is 1.45 bits per heavy atom. The molecule has 2 atom stereocenters. The third kappa shape index (κ3) is 3.36. The number of aromatic amines is 1. The summed E-state index contributed by atoms with van der Waals surface area (Å²) in [7, 11) is 0. The zero-order valence-electron chi connectivity index (χ0n) is 12.8. The monoisotopic (exact) mass is 303 g/mol. The number of ether oxygens (including phenoxy) is 1. The highest BCUT2D eigenvalue weighted by Crippen LogP contribution is 2.32. The molecule has 0 bridgehead atoms. The van der Waals surface area contributed by atoms with Crippen LogP contribution in [0.4, 0.5) is 4.39 Å². The van der Waals surface area contributed by atoms with Crippen molar-refractivity contribution in [3.63, 3.8) is 0 Å². The molecule has 2 heterocycles. The summed E-state index contributed by atoms with van der Waals surface area (Å²) in [5, 5.41) is 10.2. The minimum atomic E-state index is -0.110. The van der Waals surface area contributed by atoms with Crippen LogP contribution < -0.4 is 5.32 Å². The number of hydrogen-bond donors (Lipinski definition) is 2. The Balaban J connectivity index is 1.59. The number of halogens is 1. The van der Waals surface area contributed by atoms with Gasteiger partial charge in [0.05, 0.1) is 12.3 Å². The molecule has 2 N–H and O–H groups in total. The van der Waals surface area contributed by atoms with E-state index < -0.39 is 0 Å². The Hall–Kier alpha value is -1.72. The molecule has 1 aromatic carbocycles. The van der Waals surface area contributed by atoms with E-state index in [2.05, 4.69) is 15.5 Å². The molecule has 0 aliphatic carbocycles. The Labute approximate surface area is 130 Å². The molecule has 0 amide bonds. The van der Waals surface area contributed by atoms with Gasteiger partial charge in [-0.1, -0.05) is 18.2 Å². The average Bonchev–Trinajstić information content (AvgIpc) is 3.06. The van der Waals surface area contributed by atoms with Crippen molar-refractivity contribution in [2.24, 2.45) is 5.92 Å². The minimum Gasteiger partial charge on any atom is -0.373 e. The van der Waals surface area contributed by atoms with Crippen molar-refractivity contribution < 1.29 is 9.13 Å². The third-order valence-corrected chi connectivity index (χ3v) is 4.29. The minimum absolute atomic E-state index is 0.0716. The van der Waals surface area contributed by atoms with Crippen molar-refractivity contribution in [1.82, 2.24) is 15.5 Å². The summed E-state index contributed by atoms with van der Waals surface area (Å²) in [6, 6.07) is 5.52. The predicted molar refractivity (Wildman–Crippen MR) is 82.8 cm³/mol.